The Morgan fingerprint density at radius 1 is 1.50 bits per heavy atom. The monoisotopic (exact) mass is 441 g/mol. The third-order valence-corrected chi connectivity index (χ3v) is 4.46. The van der Waals surface area contributed by atoms with E-state index < -0.39 is 0 Å². The highest BCUT2D eigenvalue weighted by Gasteiger charge is 2.22. The molecule has 0 aromatic carbocycles. The molecule has 0 spiro atoms. The van der Waals surface area contributed by atoms with Crippen molar-refractivity contribution in [2.45, 2.75) is 25.5 Å². The van der Waals surface area contributed by atoms with Gasteiger partial charge in [0, 0.05) is 12.0 Å². The van der Waals surface area contributed by atoms with Crippen molar-refractivity contribution in [2.75, 3.05) is 6.61 Å². The topological polar surface area (TPSA) is 39.9 Å². The third-order valence-electron chi connectivity index (χ3n) is 2.99. The molecular formula is C11H10BrClIN3O. The molecule has 1 saturated heterocycles. The Bertz CT molecular complexity index is 597. The van der Waals surface area contributed by atoms with Gasteiger partial charge in [-0.05, 0) is 63.8 Å². The number of nitrogens with zero attached hydrogens (tertiary/aromatic N) is 3. The summed E-state index contributed by atoms with van der Waals surface area (Å²) < 4.78 is 9.29. The summed E-state index contributed by atoms with van der Waals surface area (Å²) in [5.74, 6) is 0. The van der Waals surface area contributed by atoms with E-state index in [1.54, 1.807) is 0 Å². The molecule has 0 amide bonds. The van der Waals surface area contributed by atoms with Gasteiger partial charge < -0.3 is 4.74 Å². The highest BCUT2D eigenvalue weighted by atomic mass is 127. The van der Waals surface area contributed by atoms with Crippen molar-refractivity contribution in [3.8, 4) is 0 Å². The zero-order valence-electron chi connectivity index (χ0n) is 9.37. The average Bonchev–Trinajstić information content (AvgIpc) is 2.68. The molecule has 0 saturated carbocycles. The van der Waals surface area contributed by atoms with Gasteiger partial charge in [-0.3, -0.25) is 0 Å². The van der Waals surface area contributed by atoms with Crippen LogP contribution in [0.15, 0.2) is 10.7 Å². The van der Waals surface area contributed by atoms with Crippen LogP contribution in [0.3, 0.4) is 0 Å². The molecule has 0 aliphatic carbocycles. The summed E-state index contributed by atoms with van der Waals surface area (Å²) in [6.07, 6.45) is 3.22. The van der Waals surface area contributed by atoms with E-state index in [1.165, 1.54) is 0 Å². The molecule has 18 heavy (non-hydrogen) atoms. The lowest BCUT2D eigenvalue weighted by molar-refractivity contribution is -0.0368. The van der Waals surface area contributed by atoms with E-state index in [2.05, 4.69) is 48.6 Å². The molecule has 2 aromatic heterocycles. The highest BCUT2D eigenvalue weighted by molar-refractivity contribution is 14.1. The van der Waals surface area contributed by atoms with Gasteiger partial charge in [0.25, 0.3) is 0 Å². The number of halogens is 3. The SMILES string of the molecule is Clc1nc(Br)cc2c(I)nn(C3CCCCO3)c12. The van der Waals surface area contributed by atoms with Crippen LogP contribution in [0.5, 0.6) is 0 Å². The minimum absolute atomic E-state index is 0.0229. The lowest BCUT2D eigenvalue weighted by atomic mass is 10.2. The maximum atomic E-state index is 6.24. The van der Waals surface area contributed by atoms with E-state index in [9.17, 15) is 0 Å². The second-order valence-electron chi connectivity index (χ2n) is 4.19. The smallest absolute Gasteiger partial charge is 0.156 e. The fraction of sp³-hybridized carbons (Fsp3) is 0.455. The van der Waals surface area contributed by atoms with E-state index in [4.69, 9.17) is 16.3 Å². The predicted molar refractivity (Wildman–Crippen MR) is 81.8 cm³/mol. The van der Waals surface area contributed by atoms with Crippen LogP contribution >= 0.6 is 50.1 Å². The van der Waals surface area contributed by atoms with Crippen molar-refractivity contribution in [1.82, 2.24) is 14.8 Å². The van der Waals surface area contributed by atoms with Gasteiger partial charge in [0.15, 0.2) is 11.4 Å². The van der Waals surface area contributed by atoms with Crippen molar-refractivity contribution in [3.63, 3.8) is 0 Å². The first-order valence-corrected chi connectivity index (χ1v) is 7.93. The molecular weight excluding hydrogens is 432 g/mol. The summed E-state index contributed by atoms with van der Waals surface area (Å²) in [5, 5.41) is 6.02. The van der Waals surface area contributed by atoms with Crippen LogP contribution in [-0.4, -0.2) is 21.4 Å². The van der Waals surface area contributed by atoms with E-state index in [0.717, 1.165) is 45.1 Å². The zero-order valence-corrected chi connectivity index (χ0v) is 13.9. The third kappa shape index (κ3) is 2.28. The van der Waals surface area contributed by atoms with Gasteiger partial charge in [0.1, 0.15) is 13.8 Å². The maximum absolute atomic E-state index is 6.24. The van der Waals surface area contributed by atoms with Gasteiger partial charge in [-0.2, -0.15) is 5.10 Å². The molecule has 7 heteroatoms. The maximum Gasteiger partial charge on any atom is 0.156 e. The number of aromatic nitrogens is 3. The molecule has 1 atom stereocenters. The minimum atomic E-state index is -0.0229. The zero-order chi connectivity index (χ0) is 12.7. The van der Waals surface area contributed by atoms with Gasteiger partial charge in [0.05, 0.1) is 0 Å². The Hall–Kier alpha value is 0.0800. The van der Waals surface area contributed by atoms with Crippen molar-refractivity contribution in [3.05, 3.63) is 19.5 Å². The van der Waals surface area contributed by atoms with E-state index in [0.29, 0.717) is 5.15 Å². The summed E-state index contributed by atoms with van der Waals surface area (Å²) in [4.78, 5) is 4.23. The highest BCUT2D eigenvalue weighted by Crippen LogP contribution is 2.33. The second-order valence-corrected chi connectivity index (χ2v) is 6.38. The number of hydrogen-bond donors (Lipinski definition) is 0. The van der Waals surface area contributed by atoms with Crippen LogP contribution in [0.4, 0.5) is 0 Å². The average molecular weight is 442 g/mol. The van der Waals surface area contributed by atoms with Crippen LogP contribution in [0, 0.1) is 3.70 Å². The molecule has 3 heterocycles. The van der Waals surface area contributed by atoms with Crippen LogP contribution in [0.25, 0.3) is 10.9 Å². The van der Waals surface area contributed by atoms with Gasteiger partial charge >= 0.3 is 0 Å². The molecule has 1 fully saturated rings. The van der Waals surface area contributed by atoms with Crippen molar-refractivity contribution >= 4 is 61.0 Å². The summed E-state index contributed by atoms with van der Waals surface area (Å²) in [5.41, 5.74) is 0.858. The number of hydrogen-bond acceptors (Lipinski definition) is 3. The fourth-order valence-corrected chi connectivity index (χ4v) is 3.61. The van der Waals surface area contributed by atoms with Gasteiger partial charge in [-0.1, -0.05) is 11.6 Å². The summed E-state index contributed by atoms with van der Waals surface area (Å²) in [7, 11) is 0. The number of ether oxygens (including phenoxy) is 1. The van der Waals surface area contributed by atoms with Crippen LogP contribution < -0.4 is 0 Å². The summed E-state index contributed by atoms with van der Waals surface area (Å²) in [6, 6.07) is 1.94. The molecule has 3 rings (SSSR count). The second kappa shape index (κ2) is 5.22. The lowest BCUT2D eigenvalue weighted by Crippen LogP contribution is -2.19. The largest absolute Gasteiger partial charge is 0.356 e. The van der Waals surface area contributed by atoms with Crippen molar-refractivity contribution in [1.29, 1.82) is 0 Å². The number of pyridine rings is 1. The van der Waals surface area contributed by atoms with Gasteiger partial charge in [-0.25, -0.2) is 9.67 Å². The fourth-order valence-electron chi connectivity index (χ4n) is 2.18. The number of rotatable bonds is 1. The standard InChI is InChI=1S/C11H10BrClIN3O/c12-7-5-6-9(10(13)15-7)17(16-11(6)14)8-3-1-2-4-18-8/h5,8H,1-4H2. The minimum Gasteiger partial charge on any atom is -0.356 e. The Morgan fingerprint density at radius 2 is 2.33 bits per heavy atom. The first-order valence-electron chi connectivity index (χ1n) is 5.68. The van der Waals surface area contributed by atoms with Crippen LogP contribution in [0.2, 0.25) is 5.15 Å². The molecule has 0 N–H and O–H groups in total. The van der Waals surface area contributed by atoms with Crippen molar-refractivity contribution in [2.24, 2.45) is 0 Å². The normalized spacial score (nSPS) is 20.5. The molecule has 4 nitrogen and oxygen atoms in total. The van der Waals surface area contributed by atoms with E-state index in [1.807, 2.05) is 10.7 Å². The van der Waals surface area contributed by atoms with E-state index in [-0.39, 0.29) is 6.23 Å². The molecule has 96 valence electrons. The number of fused-ring (bicyclic) bond motifs is 1. The predicted octanol–water partition coefficient (Wildman–Crippen LogP) is 4.15. The quantitative estimate of drug-likeness (QED) is 0.492. The lowest BCUT2D eigenvalue weighted by Gasteiger charge is -2.23. The molecule has 1 aliphatic heterocycles. The van der Waals surface area contributed by atoms with Crippen molar-refractivity contribution < 1.29 is 4.74 Å². The Morgan fingerprint density at radius 3 is 3.06 bits per heavy atom. The molecule has 1 aliphatic rings. The Kier molecular flexibility index (Phi) is 3.80. The Labute approximate surface area is 131 Å². The van der Waals surface area contributed by atoms with Gasteiger partial charge in [-0.15, -0.1) is 0 Å². The first-order chi connectivity index (χ1) is 8.66. The summed E-state index contributed by atoms with van der Waals surface area (Å²) >= 11 is 11.8. The van der Waals surface area contributed by atoms with Gasteiger partial charge in [0.2, 0.25) is 0 Å². The molecule has 0 radical (unpaired) electrons. The Balaban J connectivity index is 2.17. The first kappa shape index (κ1) is 13.1. The van der Waals surface area contributed by atoms with Crippen LogP contribution in [-0.2, 0) is 4.74 Å². The van der Waals surface area contributed by atoms with E-state index >= 15 is 0 Å². The molecule has 0 bridgehead atoms. The molecule has 1 unspecified atom stereocenters. The summed E-state index contributed by atoms with van der Waals surface area (Å²) in [6.45, 7) is 0.782. The molecule has 2 aromatic rings. The van der Waals surface area contributed by atoms with Crippen LogP contribution in [0.1, 0.15) is 25.5 Å².